The van der Waals surface area contributed by atoms with Crippen molar-refractivity contribution in [3.8, 4) is 45.6 Å². The van der Waals surface area contributed by atoms with E-state index in [1.54, 1.807) is 0 Å². The van der Waals surface area contributed by atoms with Crippen LogP contribution in [0.15, 0.2) is 183 Å². The van der Waals surface area contributed by atoms with E-state index < -0.39 is 0 Å². The smallest absolute Gasteiger partial charge is 0.165 e. The van der Waals surface area contributed by atoms with Crippen LogP contribution < -0.4 is 0 Å². The SMILES string of the molecule is N#Cc1ccc(-c2c(-c3ccccc3)c(-n3c4ccccc4c4cnccc43)nc(-n3c4ccccc4c4cnccc43)c2-n2c3ccccc3c3cnccc32)cc1. The third kappa shape index (κ3) is 4.76. The van der Waals surface area contributed by atoms with Crippen LogP contribution in [0.2, 0.25) is 0 Å². The molecule has 0 atom stereocenters. The fourth-order valence-corrected chi connectivity index (χ4v) is 9.10. The zero-order valence-electron chi connectivity index (χ0n) is 31.4. The second-order valence-corrected chi connectivity index (χ2v) is 14.6. The van der Waals surface area contributed by atoms with E-state index in [1.807, 2.05) is 55.4 Å². The van der Waals surface area contributed by atoms with Crippen molar-refractivity contribution >= 4 is 65.4 Å². The fourth-order valence-electron chi connectivity index (χ4n) is 9.10. The summed E-state index contributed by atoms with van der Waals surface area (Å²) in [6.07, 6.45) is 11.4. The fraction of sp³-hybridized carbons (Fsp3) is 0. The molecule has 0 aliphatic heterocycles. The van der Waals surface area contributed by atoms with Crippen molar-refractivity contribution in [1.82, 2.24) is 33.6 Å². The Kier molecular flexibility index (Phi) is 7.12. The number of hydrogen-bond donors (Lipinski definition) is 0. The molecule has 12 rings (SSSR count). The number of benzene rings is 5. The predicted octanol–water partition coefficient (Wildman–Crippen LogP) is 11.8. The lowest BCUT2D eigenvalue weighted by Gasteiger charge is -2.26. The number of para-hydroxylation sites is 3. The van der Waals surface area contributed by atoms with Crippen molar-refractivity contribution < 1.29 is 0 Å². The van der Waals surface area contributed by atoms with Crippen LogP contribution >= 0.6 is 0 Å². The Bertz CT molecular complexity index is 3520. The van der Waals surface area contributed by atoms with Gasteiger partial charge in [0.2, 0.25) is 0 Å². The lowest BCUT2D eigenvalue weighted by atomic mass is 9.92. The topological polar surface area (TPSA) is 90.1 Å². The van der Waals surface area contributed by atoms with Gasteiger partial charge in [-0.2, -0.15) is 5.26 Å². The van der Waals surface area contributed by atoms with Crippen molar-refractivity contribution in [1.29, 1.82) is 5.26 Å². The number of rotatable bonds is 5. The summed E-state index contributed by atoms with van der Waals surface area (Å²) in [4.78, 5) is 19.8. The molecule has 8 heteroatoms. The van der Waals surface area contributed by atoms with Gasteiger partial charge in [0.1, 0.15) is 5.82 Å². The molecular formula is C51H30N8. The van der Waals surface area contributed by atoms with Crippen LogP contribution in [0, 0.1) is 11.3 Å². The van der Waals surface area contributed by atoms with E-state index in [0.717, 1.165) is 105 Å². The van der Waals surface area contributed by atoms with Gasteiger partial charge in [0.05, 0.1) is 50.4 Å². The van der Waals surface area contributed by atoms with Gasteiger partial charge in [0.25, 0.3) is 0 Å². The van der Waals surface area contributed by atoms with Crippen LogP contribution in [0.25, 0.3) is 105 Å². The summed E-state index contributed by atoms with van der Waals surface area (Å²) in [5.74, 6) is 1.49. The third-order valence-corrected chi connectivity index (χ3v) is 11.6. The Morgan fingerprint density at radius 3 is 1.32 bits per heavy atom. The van der Waals surface area contributed by atoms with Gasteiger partial charge in [0, 0.05) is 80.6 Å². The van der Waals surface area contributed by atoms with Gasteiger partial charge in [-0.1, -0.05) is 97.1 Å². The number of hydrogen-bond acceptors (Lipinski definition) is 5. The minimum atomic E-state index is 0.582. The molecular weight excluding hydrogens is 725 g/mol. The van der Waals surface area contributed by atoms with Crippen LogP contribution in [-0.2, 0) is 0 Å². The minimum absolute atomic E-state index is 0.582. The molecule has 12 aromatic rings. The minimum Gasteiger partial charge on any atom is -0.305 e. The highest BCUT2D eigenvalue weighted by Gasteiger charge is 2.30. The number of fused-ring (bicyclic) bond motifs is 9. The molecule has 0 aliphatic rings. The van der Waals surface area contributed by atoms with E-state index in [9.17, 15) is 5.26 Å². The molecule has 8 nitrogen and oxygen atoms in total. The number of nitrogens with zero attached hydrogens (tertiary/aromatic N) is 8. The maximum Gasteiger partial charge on any atom is 0.165 e. The maximum absolute atomic E-state index is 10.0. The Hall–Kier alpha value is -8.41. The van der Waals surface area contributed by atoms with Gasteiger partial charge in [-0.25, -0.2) is 4.98 Å². The molecule has 0 fully saturated rings. The Balaban J connectivity index is 1.40. The monoisotopic (exact) mass is 754 g/mol. The molecule has 0 N–H and O–H groups in total. The Labute approximate surface area is 337 Å². The summed E-state index contributed by atoms with van der Waals surface area (Å²) in [5, 5.41) is 16.4. The maximum atomic E-state index is 10.0. The highest BCUT2D eigenvalue weighted by atomic mass is 15.2. The van der Waals surface area contributed by atoms with Gasteiger partial charge in [0.15, 0.2) is 5.82 Å². The number of pyridine rings is 4. The third-order valence-electron chi connectivity index (χ3n) is 11.6. The van der Waals surface area contributed by atoms with E-state index in [0.29, 0.717) is 5.56 Å². The standard InChI is InChI=1S/C51H30N8/c52-28-32-18-20-34(21-19-32)47-48(33-10-2-1-3-11-33)50(58-42-16-8-5-13-36(42)39-30-54-26-23-45(39)58)56-51(59-43-17-9-6-14-37(43)40-31-55-27-24-46(40)59)49(47)57-41-15-7-4-12-35(41)38-29-53-25-22-44(38)57/h1-27,29-31H. The van der Waals surface area contributed by atoms with E-state index in [4.69, 9.17) is 4.98 Å². The summed E-state index contributed by atoms with van der Waals surface area (Å²) in [5.41, 5.74) is 11.3. The second kappa shape index (κ2) is 12.8. The lowest BCUT2D eigenvalue weighted by Crippen LogP contribution is -2.13. The van der Waals surface area contributed by atoms with Crippen molar-refractivity contribution in [2.75, 3.05) is 0 Å². The average Bonchev–Trinajstić information content (AvgIpc) is 3.95. The molecule has 0 saturated heterocycles. The molecule has 0 saturated carbocycles. The summed E-state index contributed by atoms with van der Waals surface area (Å²) in [6.45, 7) is 0. The zero-order valence-corrected chi connectivity index (χ0v) is 31.4. The lowest BCUT2D eigenvalue weighted by molar-refractivity contribution is 0.986. The van der Waals surface area contributed by atoms with Crippen LogP contribution in [0.5, 0.6) is 0 Å². The van der Waals surface area contributed by atoms with Gasteiger partial charge in [-0.05, 0) is 59.7 Å². The van der Waals surface area contributed by atoms with Crippen LogP contribution in [0.3, 0.4) is 0 Å². The first-order chi connectivity index (χ1) is 29.3. The zero-order chi connectivity index (χ0) is 39.0. The van der Waals surface area contributed by atoms with Crippen LogP contribution in [-0.4, -0.2) is 33.6 Å². The second-order valence-electron chi connectivity index (χ2n) is 14.6. The first-order valence-corrected chi connectivity index (χ1v) is 19.4. The molecule has 0 radical (unpaired) electrons. The highest BCUT2D eigenvalue weighted by molar-refractivity contribution is 6.14. The summed E-state index contributed by atoms with van der Waals surface area (Å²) < 4.78 is 6.95. The normalized spacial score (nSPS) is 11.7. The van der Waals surface area contributed by atoms with Gasteiger partial charge >= 0.3 is 0 Å². The van der Waals surface area contributed by atoms with Gasteiger partial charge in [-0.15, -0.1) is 0 Å². The molecule has 274 valence electrons. The molecule has 0 bridgehead atoms. The quantitative estimate of drug-likeness (QED) is 0.174. The predicted molar refractivity (Wildman–Crippen MR) is 236 cm³/mol. The van der Waals surface area contributed by atoms with Crippen molar-refractivity contribution in [3.05, 3.63) is 188 Å². The molecule has 7 heterocycles. The van der Waals surface area contributed by atoms with E-state index in [-0.39, 0.29) is 0 Å². The first kappa shape index (κ1) is 32.8. The average molecular weight is 755 g/mol. The highest BCUT2D eigenvalue weighted by Crippen LogP contribution is 2.48. The summed E-state index contributed by atoms with van der Waals surface area (Å²) in [6, 6.07) is 52.5. The van der Waals surface area contributed by atoms with Crippen molar-refractivity contribution in [3.63, 3.8) is 0 Å². The molecule has 0 aliphatic carbocycles. The molecule has 7 aromatic heterocycles. The first-order valence-electron chi connectivity index (χ1n) is 19.4. The van der Waals surface area contributed by atoms with Crippen LogP contribution in [0.1, 0.15) is 5.56 Å². The molecule has 59 heavy (non-hydrogen) atoms. The van der Waals surface area contributed by atoms with E-state index in [1.165, 1.54) is 0 Å². The molecule has 0 amide bonds. The molecule has 5 aromatic carbocycles. The van der Waals surface area contributed by atoms with Gasteiger partial charge in [-0.3, -0.25) is 24.1 Å². The van der Waals surface area contributed by atoms with Crippen molar-refractivity contribution in [2.45, 2.75) is 0 Å². The Morgan fingerprint density at radius 1 is 0.373 bits per heavy atom. The van der Waals surface area contributed by atoms with E-state index >= 15 is 0 Å². The summed E-state index contributed by atoms with van der Waals surface area (Å²) >= 11 is 0. The Morgan fingerprint density at radius 2 is 0.797 bits per heavy atom. The largest absolute Gasteiger partial charge is 0.305 e. The molecule has 0 spiro atoms. The van der Waals surface area contributed by atoms with Crippen LogP contribution in [0.4, 0.5) is 0 Å². The number of nitriles is 1. The van der Waals surface area contributed by atoms with Gasteiger partial charge < -0.3 is 4.57 Å². The van der Waals surface area contributed by atoms with Crippen molar-refractivity contribution in [2.24, 2.45) is 0 Å². The molecule has 0 unspecified atom stereocenters. The number of aromatic nitrogens is 7. The summed E-state index contributed by atoms with van der Waals surface area (Å²) in [7, 11) is 0. The van der Waals surface area contributed by atoms with E-state index in [2.05, 4.69) is 162 Å².